The van der Waals surface area contributed by atoms with Crippen LogP contribution in [0.5, 0.6) is 0 Å². The summed E-state index contributed by atoms with van der Waals surface area (Å²) in [4.78, 5) is 4.38. The van der Waals surface area contributed by atoms with E-state index in [9.17, 15) is 10.4 Å². The Morgan fingerprint density at radius 3 is 2.54 bits per heavy atom. The number of pyridine rings is 1. The Bertz CT molecular complexity index is 940. The van der Waals surface area contributed by atoms with Crippen molar-refractivity contribution in [3.63, 3.8) is 0 Å². The number of anilines is 1. The van der Waals surface area contributed by atoms with E-state index in [1.807, 2.05) is 19.1 Å². The molecule has 0 amide bonds. The van der Waals surface area contributed by atoms with Gasteiger partial charge in [-0.05, 0) is 36.8 Å². The third-order valence-corrected chi connectivity index (χ3v) is 4.01. The van der Waals surface area contributed by atoms with Gasteiger partial charge in [-0.2, -0.15) is 5.26 Å². The maximum atomic E-state index is 9.47. The van der Waals surface area contributed by atoms with Gasteiger partial charge in [-0.3, -0.25) is 0 Å². The molecule has 6 heteroatoms. The molecule has 2 heterocycles. The molecule has 0 aliphatic carbocycles. The zero-order valence-corrected chi connectivity index (χ0v) is 13.6. The van der Waals surface area contributed by atoms with Crippen LogP contribution in [-0.2, 0) is 6.61 Å². The van der Waals surface area contributed by atoms with E-state index in [1.165, 1.54) is 0 Å². The van der Waals surface area contributed by atoms with Gasteiger partial charge in [-0.1, -0.05) is 23.7 Å². The Morgan fingerprint density at radius 2 is 1.96 bits per heavy atom. The largest absolute Gasteiger partial charge is 0.459 e. The van der Waals surface area contributed by atoms with Gasteiger partial charge in [-0.25, -0.2) is 4.98 Å². The summed E-state index contributed by atoms with van der Waals surface area (Å²) in [7, 11) is 0. The first kappa shape index (κ1) is 16.1. The normalized spacial score (nSPS) is 10.6. The number of rotatable bonds is 3. The number of nitrogens with two attached hydrogens (primary N) is 1. The summed E-state index contributed by atoms with van der Waals surface area (Å²) < 4.78 is 5.60. The number of aliphatic hydroxyl groups is 1. The second-order valence-corrected chi connectivity index (χ2v) is 5.70. The van der Waals surface area contributed by atoms with Crippen molar-refractivity contribution in [1.29, 1.82) is 5.26 Å². The van der Waals surface area contributed by atoms with Crippen LogP contribution in [0.3, 0.4) is 0 Å². The highest BCUT2D eigenvalue weighted by Gasteiger charge is 2.20. The van der Waals surface area contributed by atoms with Gasteiger partial charge in [0.2, 0.25) is 0 Å². The lowest BCUT2D eigenvalue weighted by atomic mass is 9.96. The predicted molar refractivity (Wildman–Crippen MR) is 92.2 cm³/mol. The molecule has 3 N–H and O–H groups in total. The molecule has 0 bridgehead atoms. The molecule has 2 aromatic heterocycles. The molecule has 3 rings (SSSR count). The van der Waals surface area contributed by atoms with Crippen LogP contribution < -0.4 is 5.73 Å². The van der Waals surface area contributed by atoms with Gasteiger partial charge in [0.15, 0.2) is 0 Å². The summed E-state index contributed by atoms with van der Waals surface area (Å²) in [5.74, 6) is 1.01. The highest BCUT2D eigenvalue weighted by atomic mass is 35.5. The predicted octanol–water partition coefficient (Wildman–Crippen LogP) is 3.92. The number of halogens is 1. The van der Waals surface area contributed by atoms with E-state index in [0.29, 0.717) is 27.8 Å². The number of aliphatic hydroxyl groups excluding tert-OH is 1. The summed E-state index contributed by atoms with van der Waals surface area (Å²) in [6.07, 6.45) is 0. The molecule has 120 valence electrons. The molecule has 0 aliphatic heterocycles. The van der Waals surface area contributed by atoms with E-state index < -0.39 is 0 Å². The zero-order valence-electron chi connectivity index (χ0n) is 12.9. The number of furan rings is 1. The second-order valence-electron chi connectivity index (χ2n) is 5.26. The van der Waals surface area contributed by atoms with Crippen molar-refractivity contribution in [1.82, 2.24) is 4.98 Å². The first-order chi connectivity index (χ1) is 11.5. The SMILES string of the molecule is Cc1c(-c2ccc(Cl)cc2)nc(N)c(C#N)c1-c1ccc(CO)o1. The fourth-order valence-corrected chi connectivity index (χ4v) is 2.73. The molecular weight excluding hydrogens is 326 g/mol. The van der Waals surface area contributed by atoms with E-state index in [2.05, 4.69) is 11.1 Å². The van der Waals surface area contributed by atoms with Crippen molar-refractivity contribution in [2.24, 2.45) is 0 Å². The van der Waals surface area contributed by atoms with Gasteiger partial charge in [0.1, 0.15) is 35.6 Å². The van der Waals surface area contributed by atoms with Gasteiger partial charge < -0.3 is 15.3 Å². The summed E-state index contributed by atoms with van der Waals surface area (Å²) >= 11 is 5.94. The molecule has 0 aliphatic rings. The lowest BCUT2D eigenvalue weighted by Gasteiger charge is -2.13. The minimum atomic E-state index is -0.217. The number of nitrogens with zero attached hydrogens (tertiary/aromatic N) is 2. The van der Waals surface area contributed by atoms with Gasteiger partial charge >= 0.3 is 0 Å². The maximum absolute atomic E-state index is 9.47. The molecule has 5 nitrogen and oxygen atoms in total. The molecule has 0 saturated heterocycles. The number of hydrogen-bond donors (Lipinski definition) is 2. The molecule has 0 radical (unpaired) electrons. The quantitative estimate of drug-likeness (QED) is 0.754. The smallest absolute Gasteiger partial charge is 0.142 e. The Balaban J connectivity index is 2.27. The number of aromatic nitrogens is 1. The van der Waals surface area contributed by atoms with Crippen LogP contribution >= 0.6 is 11.6 Å². The highest BCUT2D eigenvalue weighted by Crippen LogP contribution is 2.36. The topological polar surface area (TPSA) is 96.1 Å². The van der Waals surface area contributed by atoms with Crippen molar-refractivity contribution in [2.45, 2.75) is 13.5 Å². The van der Waals surface area contributed by atoms with Crippen LogP contribution in [0.2, 0.25) is 5.02 Å². The molecule has 0 fully saturated rings. The van der Waals surface area contributed by atoms with Crippen LogP contribution in [0.25, 0.3) is 22.6 Å². The molecule has 24 heavy (non-hydrogen) atoms. The Morgan fingerprint density at radius 1 is 1.25 bits per heavy atom. The standard InChI is InChI=1S/C18H14ClN3O2/c1-10-16(15-7-6-13(9-23)24-15)14(8-20)18(21)22-17(10)11-2-4-12(19)5-3-11/h2-7,23H,9H2,1H3,(H2,21,22). The fraction of sp³-hybridized carbons (Fsp3) is 0.111. The molecule has 0 spiro atoms. The zero-order chi connectivity index (χ0) is 17.3. The monoisotopic (exact) mass is 339 g/mol. The third kappa shape index (κ3) is 2.73. The molecular formula is C18H14ClN3O2. The molecule has 0 unspecified atom stereocenters. The van der Waals surface area contributed by atoms with Crippen molar-refractivity contribution in [3.05, 3.63) is 58.3 Å². The molecule has 1 aromatic carbocycles. The minimum Gasteiger partial charge on any atom is -0.459 e. The van der Waals surface area contributed by atoms with E-state index in [-0.39, 0.29) is 18.0 Å². The van der Waals surface area contributed by atoms with Crippen LogP contribution in [0.4, 0.5) is 5.82 Å². The van der Waals surface area contributed by atoms with Gasteiger partial charge in [0.25, 0.3) is 0 Å². The first-order valence-corrected chi connectivity index (χ1v) is 7.59. The third-order valence-electron chi connectivity index (χ3n) is 3.76. The van der Waals surface area contributed by atoms with E-state index in [1.54, 1.807) is 24.3 Å². The molecule has 3 aromatic rings. The van der Waals surface area contributed by atoms with Gasteiger partial charge in [-0.15, -0.1) is 0 Å². The van der Waals surface area contributed by atoms with Crippen molar-refractivity contribution >= 4 is 17.4 Å². The van der Waals surface area contributed by atoms with Gasteiger partial charge in [0.05, 0.1) is 5.69 Å². The molecule has 0 saturated carbocycles. The van der Waals surface area contributed by atoms with Crippen LogP contribution in [0.1, 0.15) is 16.9 Å². The molecule has 0 atom stereocenters. The Labute approximate surface area is 143 Å². The number of hydrogen-bond acceptors (Lipinski definition) is 5. The number of benzene rings is 1. The maximum Gasteiger partial charge on any atom is 0.142 e. The summed E-state index contributed by atoms with van der Waals surface area (Å²) in [5, 5.41) is 19.3. The van der Waals surface area contributed by atoms with Crippen LogP contribution in [-0.4, -0.2) is 10.1 Å². The van der Waals surface area contributed by atoms with E-state index in [4.69, 9.17) is 21.8 Å². The number of nitrogen functional groups attached to an aromatic ring is 1. The average molecular weight is 340 g/mol. The van der Waals surface area contributed by atoms with E-state index in [0.717, 1.165) is 11.1 Å². The van der Waals surface area contributed by atoms with Crippen LogP contribution in [0.15, 0.2) is 40.8 Å². The summed E-state index contributed by atoms with van der Waals surface area (Å²) in [6.45, 7) is 1.64. The highest BCUT2D eigenvalue weighted by molar-refractivity contribution is 6.30. The fourth-order valence-electron chi connectivity index (χ4n) is 2.60. The van der Waals surface area contributed by atoms with Crippen molar-refractivity contribution in [2.75, 3.05) is 5.73 Å². The van der Waals surface area contributed by atoms with Crippen molar-refractivity contribution in [3.8, 4) is 28.7 Å². The van der Waals surface area contributed by atoms with Crippen molar-refractivity contribution < 1.29 is 9.52 Å². The first-order valence-electron chi connectivity index (χ1n) is 7.21. The van der Waals surface area contributed by atoms with E-state index >= 15 is 0 Å². The Hall–Kier alpha value is -2.81. The summed E-state index contributed by atoms with van der Waals surface area (Å²) in [5.41, 5.74) is 9.08. The average Bonchev–Trinajstić information content (AvgIpc) is 3.05. The Kier molecular flexibility index (Phi) is 4.26. The second kappa shape index (κ2) is 6.36. The number of nitriles is 1. The summed E-state index contributed by atoms with van der Waals surface area (Å²) in [6, 6.07) is 12.7. The minimum absolute atomic E-state index is 0.130. The van der Waals surface area contributed by atoms with Crippen LogP contribution in [0, 0.1) is 18.3 Å². The lowest BCUT2D eigenvalue weighted by molar-refractivity contribution is 0.248. The lowest BCUT2D eigenvalue weighted by Crippen LogP contribution is -2.03. The van der Waals surface area contributed by atoms with Gasteiger partial charge in [0, 0.05) is 16.1 Å².